The Balaban J connectivity index is 2.10. The Bertz CT molecular complexity index is 528. The molecule has 0 aliphatic carbocycles. The Hall–Kier alpha value is -1.40. The number of ether oxygens (including phenoxy) is 1. The van der Waals surface area contributed by atoms with Crippen molar-refractivity contribution in [3.63, 3.8) is 0 Å². The van der Waals surface area contributed by atoms with E-state index in [1.165, 1.54) is 0 Å². The predicted molar refractivity (Wildman–Crippen MR) is 70.0 cm³/mol. The van der Waals surface area contributed by atoms with E-state index >= 15 is 0 Å². The number of nitrogens with zero attached hydrogens (tertiary/aromatic N) is 2. The van der Waals surface area contributed by atoms with Crippen molar-refractivity contribution in [2.75, 3.05) is 0 Å². The molecule has 0 amide bonds. The van der Waals surface area contributed by atoms with Crippen molar-refractivity contribution in [1.29, 1.82) is 0 Å². The van der Waals surface area contributed by atoms with Crippen molar-refractivity contribution in [1.82, 2.24) is 10.2 Å². The highest BCUT2D eigenvalue weighted by Crippen LogP contribution is 2.29. The first-order valence-electron chi connectivity index (χ1n) is 5.66. The van der Waals surface area contributed by atoms with E-state index in [9.17, 15) is 0 Å². The van der Waals surface area contributed by atoms with Crippen LogP contribution in [0.5, 0.6) is 5.75 Å². The maximum Gasteiger partial charge on any atom is 0.253 e. The van der Waals surface area contributed by atoms with Crippen LogP contribution in [-0.2, 0) is 19.6 Å². The Morgan fingerprint density at radius 2 is 2.11 bits per heavy atom. The average Bonchev–Trinajstić information content (AvgIpc) is 2.85. The van der Waals surface area contributed by atoms with E-state index in [0.717, 1.165) is 22.2 Å². The number of benzene rings is 1. The summed E-state index contributed by atoms with van der Waals surface area (Å²) in [6.07, 6.45) is 0.718. The predicted octanol–water partition coefficient (Wildman–Crippen LogP) is 2.43. The number of nitrogens with two attached hydrogens (primary N) is 1. The minimum Gasteiger partial charge on any atom is -0.482 e. The fourth-order valence-corrected chi connectivity index (χ4v) is 2.02. The minimum atomic E-state index is 0.239. The molecule has 0 bridgehead atoms. The number of rotatable bonds is 5. The number of para-hydroxylation sites is 1. The summed E-state index contributed by atoms with van der Waals surface area (Å²) < 4.78 is 11.9. The summed E-state index contributed by atoms with van der Waals surface area (Å²) in [5, 5.41) is 7.78. The monoisotopic (exact) mass is 311 g/mol. The van der Waals surface area contributed by atoms with E-state index in [1.54, 1.807) is 0 Å². The molecular weight excluding hydrogens is 298 g/mol. The van der Waals surface area contributed by atoms with Crippen molar-refractivity contribution >= 4 is 15.9 Å². The van der Waals surface area contributed by atoms with Gasteiger partial charge in [-0.15, -0.1) is 10.2 Å². The highest BCUT2D eigenvalue weighted by molar-refractivity contribution is 9.10. The summed E-state index contributed by atoms with van der Waals surface area (Å²) >= 11 is 3.43. The van der Waals surface area contributed by atoms with E-state index in [1.807, 2.05) is 25.1 Å². The molecule has 0 atom stereocenters. The number of hydrogen-bond acceptors (Lipinski definition) is 5. The first-order chi connectivity index (χ1) is 8.74. The zero-order valence-electron chi connectivity index (χ0n) is 10.0. The van der Waals surface area contributed by atoms with E-state index in [0.29, 0.717) is 18.3 Å². The molecular formula is C12H14BrN3O2. The maximum atomic E-state index is 5.68. The number of halogens is 1. The molecule has 6 heteroatoms. The Labute approximate surface area is 113 Å². The van der Waals surface area contributed by atoms with Crippen molar-refractivity contribution in [2.45, 2.75) is 26.5 Å². The topological polar surface area (TPSA) is 74.2 Å². The largest absolute Gasteiger partial charge is 0.482 e. The normalized spacial score (nSPS) is 10.6. The molecule has 0 unspecified atom stereocenters. The van der Waals surface area contributed by atoms with Crippen molar-refractivity contribution in [2.24, 2.45) is 5.73 Å². The van der Waals surface area contributed by atoms with Gasteiger partial charge in [0.2, 0.25) is 5.89 Å². The summed E-state index contributed by atoms with van der Waals surface area (Å²) in [6, 6.07) is 5.74. The van der Waals surface area contributed by atoms with E-state index in [4.69, 9.17) is 14.9 Å². The van der Waals surface area contributed by atoms with Crippen LogP contribution >= 0.6 is 15.9 Å². The summed E-state index contributed by atoms with van der Waals surface area (Å²) in [4.78, 5) is 0. The Kier molecular flexibility index (Phi) is 4.33. The third-order valence-electron chi connectivity index (χ3n) is 2.42. The summed E-state index contributed by atoms with van der Waals surface area (Å²) in [5.74, 6) is 1.79. The van der Waals surface area contributed by atoms with Gasteiger partial charge < -0.3 is 14.9 Å². The molecule has 0 aliphatic heterocycles. The third-order valence-corrected chi connectivity index (χ3v) is 3.04. The molecule has 18 heavy (non-hydrogen) atoms. The zero-order valence-corrected chi connectivity index (χ0v) is 11.6. The van der Waals surface area contributed by atoms with Crippen molar-refractivity contribution < 1.29 is 9.15 Å². The van der Waals surface area contributed by atoms with Gasteiger partial charge in [0.05, 0.1) is 4.47 Å². The lowest BCUT2D eigenvalue weighted by Gasteiger charge is -2.10. The maximum absolute atomic E-state index is 5.68. The molecule has 0 radical (unpaired) electrons. The first-order valence-corrected chi connectivity index (χ1v) is 6.45. The van der Waals surface area contributed by atoms with Crippen LogP contribution in [0.15, 0.2) is 27.1 Å². The van der Waals surface area contributed by atoms with Gasteiger partial charge in [-0.3, -0.25) is 0 Å². The van der Waals surface area contributed by atoms with Crippen LogP contribution in [0.3, 0.4) is 0 Å². The smallest absolute Gasteiger partial charge is 0.253 e. The molecule has 1 heterocycles. The minimum absolute atomic E-state index is 0.239. The first kappa shape index (κ1) is 13.0. The van der Waals surface area contributed by atoms with Gasteiger partial charge in [-0.25, -0.2) is 0 Å². The van der Waals surface area contributed by atoms with Crippen LogP contribution in [-0.4, -0.2) is 10.2 Å². The second-order valence-electron chi connectivity index (χ2n) is 3.66. The van der Waals surface area contributed by atoms with Crippen LogP contribution in [0.4, 0.5) is 0 Å². The SMILES string of the molecule is CCc1nnc(COc2c(Br)cccc2CN)o1. The highest BCUT2D eigenvalue weighted by Gasteiger charge is 2.10. The zero-order chi connectivity index (χ0) is 13.0. The molecule has 2 rings (SSSR count). The Morgan fingerprint density at radius 3 is 2.78 bits per heavy atom. The fourth-order valence-electron chi connectivity index (χ4n) is 1.50. The van der Waals surface area contributed by atoms with Gasteiger partial charge in [-0.2, -0.15) is 0 Å². The van der Waals surface area contributed by atoms with Gasteiger partial charge in [-0.1, -0.05) is 19.1 Å². The summed E-state index contributed by atoms with van der Waals surface area (Å²) in [5.41, 5.74) is 6.59. The average molecular weight is 312 g/mol. The fraction of sp³-hybridized carbons (Fsp3) is 0.333. The van der Waals surface area contributed by atoms with Crippen molar-refractivity contribution in [3.8, 4) is 5.75 Å². The molecule has 2 aromatic rings. The Morgan fingerprint density at radius 1 is 1.33 bits per heavy atom. The molecule has 0 spiro atoms. The van der Waals surface area contributed by atoms with Crippen LogP contribution < -0.4 is 10.5 Å². The number of aromatic nitrogens is 2. The highest BCUT2D eigenvalue weighted by atomic mass is 79.9. The van der Waals surface area contributed by atoms with Crippen LogP contribution in [0.2, 0.25) is 0 Å². The molecule has 1 aromatic carbocycles. The summed E-state index contributed by atoms with van der Waals surface area (Å²) in [6.45, 7) is 2.61. The standard InChI is InChI=1S/C12H14BrN3O2/c1-2-10-15-16-11(18-10)7-17-12-8(6-14)4-3-5-9(12)13/h3-5H,2,6-7,14H2,1H3. The lowest BCUT2D eigenvalue weighted by molar-refractivity contribution is 0.255. The van der Waals surface area contributed by atoms with Crippen LogP contribution in [0.25, 0.3) is 0 Å². The molecule has 0 saturated carbocycles. The second-order valence-corrected chi connectivity index (χ2v) is 4.52. The van der Waals surface area contributed by atoms with Gasteiger partial charge in [0.1, 0.15) is 5.75 Å². The third kappa shape index (κ3) is 2.88. The molecule has 2 N–H and O–H groups in total. The van der Waals surface area contributed by atoms with E-state index in [2.05, 4.69) is 26.1 Å². The van der Waals surface area contributed by atoms with Gasteiger partial charge >= 0.3 is 0 Å². The van der Waals surface area contributed by atoms with Gasteiger partial charge in [0, 0.05) is 18.5 Å². The van der Waals surface area contributed by atoms with Crippen LogP contribution in [0, 0.1) is 0 Å². The molecule has 96 valence electrons. The van der Waals surface area contributed by atoms with Gasteiger partial charge in [0.25, 0.3) is 5.89 Å². The molecule has 0 saturated heterocycles. The van der Waals surface area contributed by atoms with E-state index < -0.39 is 0 Å². The lowest BCUT2D eigenvalue weighted by atomic mass is 10.2. The number of aryl methyl sites for hydroxylation is 1. The molecule has 5 nitrogen and oxygen atoms in total. The quantitative estimate of drug-likeness (QED) is 0.918. The van der Waals surface area contributed by atoms with Crippen LogP contribution in [0.1, 0.15) is 24.3 Å². The molecule has 0 fully saturated rings. The summed E-state index contributed by atoms with van der Waals surface area (Å²) in [7, 11) is 0. The molecule has 1 aromatic heterocycles. The van der Waals surface area contributed by atoms with E-state index in [-0.39, 0.29) is 6.61 Å². The molecule has 0 aliphatic rings. The second kappa shape index (κ2) is 5.97. The lowest BCUT2D eigenvalue weighted by Crippen LogP contribution is -2.03. The van der Waals surface area contributed by atoms with Gasteiger partial charge in [-0.05, 0) is 22.0 Å². The van der Waals surface area contributed by atoms with Gasteiger partial charge in [0.15, 0.2) is 6.61 Å². The number of hydrogen-bond donors (Lipinski definition) is 1. The van der Waals surface area contributed by atoms with Crippen molar-refractivity contribution in [3.05, 3.63) is 40.0 Å².